The van der Waals surface area contributed by atoms with Crippen LogP contribution in [0.3, 0.4) is 0 Å². The predicted molar refractivity (Wildman–Crippen MR) is 322 cm³/mol. The van der Waals surface area contributed by atoms with Gasteiger partial charge in [0.25, 0.3) is 16.7 Å². The Bertz CT molecular complexity index is 4870. The highest BCUT2D eigenvalue weighted by Gasteiger charge is 2.28. The summed E-state index contributed by atoms with van der Waals surface area (Å²) in [5.74, 6) is 1.03. The maximum atomic E-state index is 14.4. The van der Waals surface area contributed by atoms with E-state index in [1.165, 1.54) is 41.5 Å². The van der Waals surface area contributed by atoms with Crippen LogP contribution in [-0.2, 0) is 30.8 Å². The molecule has 1 aliphatic rings. The lowest BCUT2D eigenvalue weighted by Gasteiger charge is -2.15. The van der Waals surface area contributed by atoms with Crippen LogP contribution in [0.5, 0.6) is 0 Å². The number of halogens is 3. The van der Waals surface area contributed by atoms with E-state index in [1.807, 2.05) is 6.07 Å². The third-order valence-corrected chi connectivity index (χ3v) is 16.6. The molecule has 27 nitrogen and oxygen atoms in total. The van der Waals surface area contributed by atoms with E-state index in [2.05, 4.69) is 74.6 Å². The molecule has 11 aromatic heterocycles. The summed E-state index contributed by atoms with van der Waals surface area (Å²) >= 11 is 19.2. The van der Waals surface area contributed by atoms with E-state index < -0.39 is 40.2 Å². The third kappa shape index (κ3) is 12.5. The Kier molecular flexibility index (Phi) is 15.8. The number of thiol groups is 1. The molecule has 1 aliphatic heterocycles. The van der Waals surface area contributed by atoms with Crippen LogP contribution >= 0.6 is 68.9 Å². The monoisotopic (exact) mass is 1270 g/mol. The van der Waals surface area contributed by atoms with Crippen molar-refractivity contribution in [2.45, 2.75) is 31.0 Å². The molecule has 12 heterocycles. The van der Waals surface area contributed by atoms with Crippen LogP contribution in [0.2, 0.25) is 15.1 Å². The molecule has 0 radical (unpaired) electrons. The molecule has 430 valence electrons. The lowest BCUT2D eigenvalue weighted by atomic mass is 10.2. The number of benzene rings is 1. The number of amidine groups is 1. The predicted octanol–water partition coefficient (Wildman–Crippen LogP) is 7.01. The van der Waals surface area contributed by atoms with Gasteiger partial charge in [-0.25, -0.2) is 33.4 Å². The summed E-state index contributed by atoms with van der Waals surface area (Å²) in [5.41, 5.74) is 2.39. The van der Waals surface area contributed by atoms with E-state index in [0.29, 0.717) is 97.7 Å². The van der Waals surface area contributed by atoms with Gasteiger partial charge in [-0.05, 0) is 96.2 Å². The van der Waals surface area contributed by atoms with E-state index >= 15 is 0 Å². The number of rotatable bonds is 18. The number of nitrogens with one attached hydrogen (secondary N) is 1. The van der Waals surface area contributed by atoms with Gasteiger partial charge in [0, 0.05) is 105 Å². The van der Waals surface area contributed by atoms with Crippen molar-refractivity contribution in [2.75, 3.05) is 6.54 Å². The van der Waals surface area contributed by atoms with Crippen molar-refractivity contribution < 1.29 is 13.8 Å². The molecular weight excluding hydrogens is 1240 g/mol. The maximum absolute atomic E-state index is 14.4. The smallest absolute Gasteiger partial charge is 0.270 e. The lowest BCUT2D eigenvalue weighted by molar-refractivity contribution is -0.121. The van der Waals surface area contributed by atoms with Crippen molar-refractivity contribution in [2.24, 2.45) is 9.39 Å². The zero-order valence-corrected chi connectivity index (χ0v) is 48.8. The second kappa shape index (κ2) is 24.5. The number of hydrogen-bond donors (Lipinski definition) is 2. The number of pyridine rings is 4. The summed E-state index contributed by atoms with van der Waals surface area (Å²) in [6.45, 7) is -0.898. The minimum Gasteiger partial charge on any atom is -0.354 e. The second-order valence-electron chi connectivity index (χ2n) is 18.5. The standard InChI is InChI=1S/C54H34Cl3N21O6S3/c55-33-5-1-3-28(15-33)48-65-52(86-73-48)40-18-29(10-13-62-41(79)25-76-44(80)8-6-37(68-76)51-66-50(74-85-51)39-19-34(56)11-14-61-39)54(82)78(70-40)27-43-64-47(72-84-43)32-17-36(24-60-22-32)87-53(67-49(75-87)31-16-35(57)23-59-21-31)38-7-9-45(81)77(69-38)26-42-63-46(71-83-42)30-4-2-12-58-20-30/h1-9,11-12,14-24,87H,10,13,25-27H2,(H,62,79). The molecule has 1 N–H and O–H groups in total. The van der Waals surface area contributed by atoms with Gasteiger partial charge in [-0.2, -0.15) is 34.0 Å². The SMILES string of the molecule is O=C(Cn1nc(-c2nc(-c3cc(Cl)ccn3)ns2)ccc1=O)NCCc1cc(-c2nc(-c3cccc(Cl)c3)ns2)nn(Cc2nc(-c3cncc([SH]4N=C(c5cncc(Cl)c5)N=C4c4ccc(=O)n(Cc5nc(-c6cccnc6)no5)n4)c3)no2)c1=O. The van der Waals surface area contributed by atoms with Gasteiger partial charge in [-0.3, -0.25) is 39.1 Å². The first kappa shape index (κ1) is 56.0. The van der Waals surface area contributed by atoms with Gasteiger partial charge in [-0.15, -0.1) is 0 Å². The molecule has 1 aromatic carbocycles. The van der Waals surface area contributed by atoms with E-state index in [1.54, 1.807) is 91.5 Å². The minimum absolute atomic E-state index is 0.00666. The maximum Gasteiger partial charge on any atom is 0.270 e. The van der Waals surface area contributed by atoms with Gasteiger partial charge >= 0.3 is 0 Å². The zero-order valence-electron chi connectivity index (χ0n) is 44.0. The number of amides is 1. The van der Waals surface area contributed by atoms with Gasteiger partial charge < -0.3 is 14.4 Å². The highest BCUT2D eigenvalue weighted by Crippen LogP contribution is 2.46. The first-order valence-corrected chi connectivity index (χ1v) is 29.6. The summed E-state index contributed by atoms with van der Waals surface area (Å²) in [6.07, 6.45) is 11.0. The average molecular weight is 1280 g/mol. The number of aromatic nitrogens is 18. The first-order chi connectivity index (χ1) is 42.4. The van der Waals surface area contributed by atoms with E-state index in [9.17, 15) is 19.2 Å². The summed E-state index contributed by atoms with van der Waals surface area (Å²) in [7, 11) is 0. The van der Waals surface area contributed by atoms with Gasteiger partial charge in [0.05, 0.1) is 5.02 Å². The van der Waals surface area contributed by atoms with Crippen LogP contribution in [0.1, 0.15) is 28.6 Å². The number of carbonyl (C=O) groups excluding carboxylic acids is 1. The molecule has 1 amide bonds. The fourth-order valence-corrected chi connectivity index (χ4v) is 12.1. The molecule has 0 saturated heterocycles. The Hall–Kier alpha value is -10.1. The second-order valence-corrected chi connectivity index (χ2v) is 23.1. The summed E-state index contributed by atoms with van der Waals surface area (Å²) in [6, 6.07) is 24.6. The van der Waals surface area contributed by atoms with Crippen LogP contribution in [0.25, 0.3) is 67.1 Å². The molecule has 0 aliphatic carbocycles. The molecule has 13 rings (SSSR count). The van der Waals surface area contributed by atoms with E-state index in [4.69, 9.17) is 58.2 Å². The minimum atomic E-state index is -1.73. The van der Waals surface area contributed by atoms with Crippen LogP contribution in [0.4, 0.5) is 0 Å². The van der Waals surface area contributed by atoms with Crippen molar-refractivity contribution in [3.63, 3.8) is 0 Å². The molecule has 1 unspecified atom stereocenters. The Labute approximate surface area is 513 Å². The van der Waals surface area contributed by atoms with Crippen LogP contribution in [0, 0.1) is 0 Å². The van der Waals surface area contributed by atoms with Crippen molar-refractivity contribution in [1.29, 1.82) is 0 Å². The van der Waals surface area contributed by atoms with Crippen LogP contribution in [-0.4, -0.2) is 112 Å². The molecule has 0 fully saturated rings. The molecule has 33 heteroatoms. The summed E-state index contributed by atoms with van der Waals surface area (Å²) in [4.78, 5) is 94.9. The van der Waals surface area contributed by atoms with Crippen molar-refractivity contribution in [1.82, 2.24) is 93.6 Å². The van der Waals surface area contributed by atoms with Gasteiger partial charge in [-0.1, -0.05) is 68.3 Å². The quantitative estimate of drug-likeness (QED) is 0.0816. The van der Waals surface area contributed by atoms with Crippen LogP contribution < -0.4 is 22.0 Å². The fourth-order valence-electron chi connectivity index (χ4n) is 8.51. The largest absolute Gasteiger partial charge is 0.354 e. The topological polar surface area (TPSA) is 339 Å². The number of nitrogens with zero attached hydrogens (tertiary/aromatic N) is 20. The number of carbonyl (C=O) groups is 1. The number of aliphatic imine (C=N–C) groups is 1. The first-order valence-electron chi connectivity index (χ1n) is 25.6. The molecule has 87 heavy (non-hydrogen) atoms. The number of hydrogen-bond acceptors (Lipinski definition) is 25. The van der Waals surface area contributed by atoms with E-state index in [0.717, 1.165) is 32.4 Å². The van der Waals surface area contributed by atoms with Crippen molar-refractivity contribution >= 4 is 85.7 Å². The van der Waals surface area contributed by atoms with Gasteiger partial charge in [0.2, 0.25) is 29.3 Å². The van der Waals surface area contributed by atoms with Crippen LogP contribution in [0.15, 0.2) is 172 Å². The Balaban J connectivity index is 0.754. The lowest BCUT2D eigenvalue weighted by Crippen LogP contribution is -2.35. The van der Waals surface area contributed by atoms with E-state index in [-0.39, 0.29) is 54.9 Å². The average Bonchev–Trinajstić information content (AvgIpc) is 3.32. The Morgan fingerprint density at radius 3 is 2.05 bits per heavy atom. The van der Waals surface area contributed by atoms with Gasteiger partial charge in [0.15, 0.2) is 27.5 Å². The summed E-state index contributed by atoms with van der Waals surface area (Å²) < 4.78 is 28.5. The normalized spacial score (nSPS) is 13.4. The molecule has 0 spiro atoms. The molecule has 0 bridgehead atoms. The molecule has 12 aromatic rings. The molecule has 0 saturated carbocycles. The molecular formula is C54H34Cl3N21O6S3. The molecule has 1 atom stereocenters. The Morgan fingerprint density at radius 2 is 1.25 bits per heavy atom. The third-order valence-electron chi connectivity index (χ3n) is 12.6. The fraction of sp³-hybridized carbons (Fsp3) is 0.0926. The van der Waals surface area contributed by atoms with Crippen molar-refractivity contribution in [3.05, 3.63) is 209 Å². The van der Waals surface area contributed by atoms with Crippen molar-refractivity contribution in [3.8, 4) is 67.1 Å². The Morgan fingerprint density at radius 1 is 0.575 bits per heavy atom. The highest BCUT2D eigenvalue weighted by atomic mass is 35.5. The summed E-state index contributed by atoms with van der Waals surface area (Å²) in [5, 5.41) is 27.3. The zero-order chi connectivity index (χ0) is 59.5. The van der Waals surface area contributed by atoms with Gasteiger partial charge in [0.1, 0.15) is 47.5 Å². The highest BCUT2D eigenvalue weighted by molar-refractivity contribution is 8.29.